The number of alkyl halides is 3. The van der Waals surface area contributed by atoms with Gasteiger partial charge in [0.15, 0.2) is 0 Å². The van der Waals surface area contributed by atoms with Gasteiger partial charge in [0.05, 0.1) is 10.7 Å². The number of hydrogen-bond donors (Lipinski definition) is 2. The Morgan fingerprint density at radius 1 is 1.45 bits per heavy atom. The van der Waals surface area contributed by atoms with Gasteiger partial charge in [0.25, 0.3) is 0 Å². The molecule has 0 spiro atoms. The molecule has 0 unspecified atom stereocenters. The van der Waals surface area contributed by atoms with Crippen molar-refractivity contribution >= 4 is 34.6 Å². The van der Waals surface area contributed by atoms with E-state index in [0.29, 0.717) is 0 Å². The molecule has 1 aromatic carbocycles. The summed E-state index contributed by atoms with van der Waals surface area (Å²) in [7, 11) is 0. The van der Waals surface area contributed by atoms with Gasteiger partial charge in [-0.2, -0.15) is 23.6 Å². The molecule has 114 valence electrons. The van der Waals surface area contributed by atoms with Gasteiger partial charge in [0.1, 0.15) is 11.6 Å². The van der Waals surface area contributed by atoms with Gasteiger partial charge in [-0.05, 0) is 35.2 Å². The van der Waals surface area contributed by atoms with Crippen LogP contribution < -0.4 is 5.32 Å². The number of thioether (sulfide) groups is 1. The van der Waals surface area contributed by atoms with Crippen molar-refractivity contribution in [2.24, 2.45) is 0 Å². The summed E-state index contributed by atoms with van der Waals surface area (Å²) in [6, 6.07) is 5.63. The molecule has 1 aromatic heterocycles. The zero-order chi connectivity index (χ0) is 16.2. The van der Waals surface area contributed by atoms with E-state index in [2.05, 4.69) is 25.9 Å². The van der Waals surface area contributed by atoms with Gasteiger partial charge in [-0.15, -0.1) is 10.2 Å². The van der Waals surface area contributed by atoms with Crippen LogP contribution in [0.2, 0.25) is 5.02 Å². The van der Waals surface area contributed by atoms with Gasteiger partial charge in [-0.1, -0.05) is 11.6 Å². The number of nitrogens with zero attached hydrogens (tertiary/aromatic N) is 4. The van der Waals surface area contributed by atoms with Crippen LogP contribution in [0.4, 0.5) is 18.9 Å². The molecule has 2 aromatic rings. The lowest BCUT2D eigenvalue weighted by Crippen LogP contribution is -1.99. The number of hydrogen-bond acceptors (Lipinski definition) is 6. The average molecular weight is 347 g/mol. The molecule has 2 N–H and O–H groups in total. The van der Waals surface area contributed by atoms with Gasteiger partial charge < -0.3 is 5.32 Å². The molecule has 0 aliphatic carbocycles. The van der Waals surface area contributed by atoms with E-state index in [9.17, 15) is 13.2 Å². The van der Waals surface area contributed by atoms with Crippen molar-refractivity contribution in [3.63, 3.8) is 0 Å². The third kappa shape index (κ3) is 4.37. The summed E-state index contributed by atoms with van der Waals surface area (Å²) in [5.41, 5.74) is -4.14. The van der Waals surface area contributed by atoms with Crippen LogP contribution >= 0.6 is 23.4 Å². The molecule has 6 nitrogen and oxygen atoms in total. The lowest BCUT2D eigenvalue weighted by Gasteiger charge is -2.09. The van der Waals surface area contributed by atoms with Crippen molar-refractivity contribution < 1.29 is 13.2 Å². The van der Waals surface area contributed by atoms with E-state index in [1.807, 2.05) is 6.07 Å². The first kappa shape index (κ1) is 16.1. The molecule has 1 heterocycles. The van der Waals surface area contributed by atoms with Crippen molar-refractivity contribution in [3.05, 3.63) is 35.2 Å². The molecule has 0 saturated heterocycles. The maximum Gasteiger partial charge on any atom is 0.446 e. The summed E-state index contributed by atoms with van der Waals surface area (Å²) in [6.45, 7) is 0. The number of tetrazole rings is 1. The highest BCUT2D eigenvalue weighted by Crippen LogP contribution is 2.39. The fourth-order valence-corrected chi connectivity index (χ4v) is 2.14. The normalized spacial score (nSPS) is 12.0. The first-order valence-corrected chi connectivity index (χ1v) is 6.74. The van der Waals surface area contributed by atoms with Gasteiger partial charge in [-0.3, -0.25) is 0 Å². The zero-order valence-corrected chi connectivity index (χ0v) is 12.1. The van der Waals surface area contributed by atoms with Gasteiger partial charge in [-0.25, -0.2) is 0 Å². The fourth-order valence-electron chi connectivity index (χ4n) is 1.38. The number of nitriles is 1. The van der Waals surface area contributed by atoms with Crippen LogP contribution in [-0.4, -0.2) is 26.1 Å². The third-order valence-corrected chi connectivity index (χ3v) is 3.30. The summed E-state index contributed by atoms with van der Waals surface area (Å²) in [5, 5.41) is 24.6. The van der Waals surface area contributed by atoms with Gasteiger partial charge in [0.2, 0.25) is 5.82 Å². The number of anilines is 1. The molecule has 0 aliphatic heterocycles. The number of halogens is 4. The molecule has 0 fully saturated rings. The summed E-state index contributed by atoms with van der Waals surface area (Å²) < 4.78 is 37.1. The molecule has 0 saturated carbocycles. The fraction of sp³-hybridized carbons (Fsp3) is 0.0909. The Morgan fingerprint density at radius 2 is 2.23 bits per heavy atom. The largest absolute Gasteiger partial charge is 0.446 e. The van der Waals surface area contributed by atoms with Gasteiger partial charge >= 0.3 is 5.51 Å². The highest BCUT2D eigenvalue weighted by atomic mass is 35.5. The van der Waals surface area contributed by atoms with E-state index >= 15 is 0 Å². The summed E-state index contributed by atoms with van der Waals surface area (Å²) in [6.07, 6.45) is 1.23. The topological polar surface area (TPSA) is 90.3 Å². The Labute approximate surface area is 131 Å². The van der Waals surface area contributed by atoms with Crippen molar-refractivity contribution in [1.29, 1.82) is 5.26 Å². The quantitative estimate of drug-likeness (QED) is 0.651. The average Bonchev–Trinajstić information content (AvgIpc) is 2.95. The molecule has 0 bridgehead atoms. The van der Waals surface area contributed by atoms with Crippen LogP contribution in [0.5, 0.6) is 0 Å². The van der Waals surface area contributed by atoms with Crippen LogP contribution in [0.25, 0.3) is 5.57 Å². The third-order valence-electron chi connectivity index (χ3n) is 2.25. The van der Waals surface area contributed by atoms with E-state index in [-0.39, 0.29) is 38.8 Å². The van der Waals surface area contributed by atoms with E-state index < -0.39 is 5.51 Å². The van der Waals surface area contributed by atoms with Crippen molar-refractivity contribution in [1.82, 2.24) is 20.6 Å². The SMILES string of the molecule is N#CC(=CNc1cc(SC(F)(F)F)ccc1Cl)c1nn[nH]n1. The standard InChI is InChI=1S/C11H6ClF3N6S/c12-8-2-1-7(22-11(13,14)15)3-9(8)17-5-6(4-16)10-18-20-21-19-10/h1-3,5,17H,(H,18,19,20,21). The molecule has 22 heavy (non-hydrogen) atoms. The maximum absolute atomic E-state index is 12.4. The van der Waals surface area contributed by atoms with Crippen LogP contribution in [-0.2, 0) is 0 Å². The summed E-state index contributed by atoms with van der Waals surface area (Å²) in [5.74, 6) is 0.0481. The number of aromatic amines is 1. The molecule has 0 radical (unpaired) electrons. The van der Waals surface area contributed by atoms with Crippen LogP contribution in [0, 0.1) is 11.3 Å². The van der Waals surface area contributed by atoms with Gasteiger partial charge in [0, 0.05) is 11.1 Å². The molecule has 11 heteroatoms. The summed E-state index contributed by atoms with van der Waals surface area (Å²) >= 11 is 5.64. The highest BCUT2D eigenvalue weighted by molar-refractivity contribution is 8.00. The van der Waals surface area contributed by atoms with E-state index in [4.69, 9.17) is 16.9 Å². The van der Waals surface area contributed by atoms with Crippen LogP contribution in [0.15, 0.2) is 29.3 Å². The second-order valence-corrected chi connectivity index (χ2v) is 5.28. The van der Waals surface area contributed by atoms with Crippen LogP contribution in [0.1, 0.15) is 5.82 Å². The van der Waals surface area contributed by atoms with Crippen molar-refractivity contribution in [3.8, 4) is 6.07 Å². The lowest BCUT2D eigenvalue weighted by molar-refractivity contribution is -0.0328. The second kappa shape index (κ2) is 6.67. The van der Waals surface area contributed by atoms with E-state index in [1.165, 1.54) is 24.4 Å². The molecule has 0 amide bonds. The van der Waals surface area contributed by atoms with E-state index in [0.717, 1.165) is 0 Å². The molecule has 0 atom stereocenters. The number of rotatable bonds is 4. The number of aromatic nitrogens is 4. The predicted octanol–water partition coefficient (Wildman–Crippen LogP) is 3.44. The van der Waals surface area contributed by atoms with Crippen LogP contribution in [0.3, 0.4) is 0 Å². The Hall–Kier alpha value is -2.25. The number of nitrogens with one attached hydrogen (secondary N) is 2. The molecular formula is C11H6ClF3N6S. The minimum atomic E-state index is -4.40. The first-order valence-electron chi connectivity index (χ1n) is 5.55. The Balaban J connectivity index is 2.22. The number of benzene rings is 1. The maximum atomic E-state index is 12.4. The Bertz CT molecular complexity index is 722. The Morgan fingerprint density at radius 3 is 2.82 bits per heavy atom. The predicted molar refractivity (Wildman–Crippen MR) is 74.8 cm³/mol. The summed E-state index contributed by atoms with van der Waals surface area (Å²) in [4.78, 5) is -0.0362. The zero-order valence-electron chi connectivity index (χ0n) is 10.5. The molecular weight excluding hydrogens is 341 g/mol. The van der Waals surface area contributed by atoms with Crippen molar-refractivity contribution in [2.45, 2.75) is 10.4 Å². The molecule has 2 rings (SSSR count). The smallest absolute Gasteiger partial charge is 0.359 e. The number of allylic oxidation sites excluding steroid dienone is 1. The number of H-pyrrole nitrogens is 1. The van der Waals surface area contributed by atoms with Crippen molar-refractivity contribution in [2.75, 3.05) is 5.32 Å². The second-order valence-electron chi connectivity index (χ2n) is 3.74. The minimum Gasteiger partial charge on any atom is -0.359 e. The monoisotopic (exact) mass is 346 g/mol. The highest BCUT2D eigenvalue weighted by Gasteiger charge is 2.29. The first-order chi connectivity index (χ1) is 10.4. The molecule has 0 aliphatic rings. The van der Waals surface area contributed by atoms with E-state index in [1.54, 1.807) is 0 Å². The lowest BCUT2D eigenvalue weighted by atomic mass is 10.3. The Kier molecular flexibility index (Phi) is 4.89. The minimum absolute atomic E-state index is 0.0362.